The number of nitro groups is 1. The van der Waals surface area contributed by atoms with Crippen LogP contribution in [-0.4, -0.2) is 9.49 Å². The summed E-state index contributed by atoms with van der Waals surface area (Å²) in [7, 11) is 0. The second kappa shape index (κ2) is 3.81. The first-order valence-electron chi connectivity index (χ1n) is 4.91. The van der Waals surface area contributed by atoms with E-state index in [0.29, 0.717) is 0 Å². The maximum absolute atomic E-state index is 10.7. The summed E-state index contributed by atoms with van der Waals surface area (Å²) in [4.78, 5) is 10.2. The van der Waals surface area contributed by atoms with Crippen LogP contribution in [0.2, 0.25) is 0 Å². The summed E-state index contributed by atoms with van der Waals surface area (Å²) in [5.41, 5.74) is 2.89. The van der Waals surface area contributed by atoms with E-state index >= 15 is 0 Å². The molecule has 0 unspecified atom stereocenters. The van der Waals surface area contributed by atoms with Crippen molar-refractivity contribution >= 4 is 5.69 Å². The van der Waals surface area contributed by atoms with Crippen LogP contribution in [0.15, 0.2) is 30.3 Å². The zero-order valence-corrected chi connectivity index (χ0v) is 9.10. The predicted molar refractivity (Wildman–Crippen MR) is 60.7 cm³/mol. The van der Waals surface area contributed by atoms with Gasteiger partial charge in [0.1, 0.15) is 0 Å². The number of benzene rings is 1. The van der Waals surface area contributed by atoms with E-state index < -0.39 is 4.92 Å². The molecule has 0 atom stereocenters. The Hall–Kier alpha value is -2.10. The van der Waals surface area contributed by atoms with Crippen LogP contribution in [0.4, 0.5) is 5.69 Å². The maximum Gasteiger partial charge on any atom is 0.279 e. The highest BCUT2D eigenvalue weighted by Gasteiger charge is 2.09. The summed E-state index contributed by atoms with van der Waals surface area (Å²) >= 11 is 0. The van der Waals surface area contributed by atoms with Gasteiger partial charge in [-0.3, -0.25) is 10.1 Å². The quantitative estimate of drug-likeness (QED) is 0.571. The second-order valence-electron chi connectivity index (χ2n) is 3.64. The van der Waals surface area contributed by atoms with Crippen molar-refractivity contribution in [3.8, 4) is 5.69 Å². The van der Waals surface area contributed by atoms with Gasteiger partial charge >= 0.3 is 0 Å². The van der Waals surface area contributed by atoms with Crippen LogP contribution in [0.3, 0.4) is 0 Å². The first kappa shape index (κ1) is 10.4. The van der Waals surface area contributed by atoms with Crippen molar-refractivity contribution in [3.05, 3.63) is 57.9 Å². The number of nitro benzene ring substituents is 1. The Kier molecular flexibility index (Phi) is 2.48. The fraction of sp³-hybridized carbons (Fsp3) is 0.167. The van der Waals surface area contributed by atoms with Crippen molar-refractivity contribution in [2.75, 3.05) is 0 Å². The smallest absolute Gasteiger partial charge is 0.279 e. The number of hydrogen-bond acceptors (Lipinski definition) is 2. The van der Waals surface area contributed by atoms with E-state index in [1.54, 1.807) is 6.07 Å². The van der Waals surface area contributed by atoms with Gasteiger partial charge in [0.25, 0.3) is 5.69 Å². The van der Waals surface area contributed by atoms with Crippen LogP contribution in [0.1, 0.15) is 11.4 Å². The van der Waals surface area contributed by atoms with Crippen molar-refractivity contribution in [1.82, 2.24) is 4.57 Å². The Morgan fingerprint density at radius 1 is 1.25 bits per heavy atom. The Morgan fingerprint density at radius 2 is 1.88 bits per heavy atom. The van der Waals surface area contributed by atoms with Gasteiger partial charge in [-0.2, -0.15) is 0 Å². The average Bonchev–Trinajstić information content (AvgIpc) is 2.59. The summed E-state index contributed by atoms with van der Waals surface area (Å²) in [6.07, 6.45) is 0. The minimum absolute atomic E-state index is 0.00926. The largest absolute Gasteiger partial charge is 0.318 e. The molecular weight excluding hydrogens is 204 g/mol. The summed E-state index contributed by atoms with van der Waals surface area (Å²) in [5.74, 6) is 0. The van der Waals surface area contributed by atoms with Gasteiger partial charge in [0, 0.05) is 17.5 Å². The van der Waals surface area contributed by atoms with E-state index in [4.69, 9.17) is 0 Å². The topological polar surface area (TPSA) is 48.1 Å². The first-order chi connectivity index (χ1) is 7.59. The van der Waals surface area contributed by atoms with Crippen molar-refractivity contribution in [1.29, 1.82) is 0 Å². The molecule has 4 nitrogen and oxygen atoms in total. The van der Waals surface area contributed by atoms with Gasteiger partial charge < -0.3 is 4.57 Å². The first-order valence-corrected chi connectivity index (χ1v) is 4.91. The number of hydrogen-bond donors (Lipinski definition) is 0. The maximum atomic E-state index is 10.7. The molecule has 1 aromatic heterocycles. The molecule has 81 valence electrons. The average molecular weight is 215 g/mol. The molecule has 0 amide bonds. The van der Waals surface area contributed by atoms with Crippen LogP contribution < -0.4 is 0 Å². The molecule has 0 aliphatic carbocycles. The Morgan fingerprint density at radius 3 is 2.44 bits per heavy atom. The Balaban J connectivity index is 2.57. The highest BCUT2D eigenvalue weighted by Crippen LogP contribution is 2.20. The summed E-state index contributed by atoms with van der Waals surface area (Å²) in [6, 6.07) is 11.5. The van der Waals surface area contributed by atoms with Crippen LogP contribution in [0.5, 0.6) is 0 Å². The van der Waals surface area contributed by atoms with Crippen molar-refractivity contribution in [3.63, 3.8) is 0 Å². The van der Waals surface area contributed by atoms with Crippen LogP contribution in [0, 0.1) is 30.0 Å². The highest BCUT2D eigenvalue weighted by molar-refractivity contribution is 5.45. The molecule has 2 rings (SSSR count). The molecular formula is C12H11N2O2. The number of aromatic nitrogens is 1. The molecule has 0 fully saturated rings. The molecule has 0 bridgehead atoms. The molecule has 4 heteroatoms. The molecule has 16 heavy (non-hydrogen) atoms. The predicted octanol–water partition coefficient (Wildman–Crippen LogP) is 2.80. The van der Waals surface area contributed by atoms with Gasteiger partial charge in [-0.1, -0.05) is 0 Å². The summed E-state index contributed by atoms with van der Waals surface area (Å²) in [6.45, 7) is 3.94. The van der Waals surface area contributed by atoms with E-state index in [1.165, 1.54) is 6.07 Å². The lowest BCUT2D eigenvalue weighted by Gasteiger charge is -2.08. The van der Waals surface area contributed by atoms with Gasteiger partial charge in [0.15, 0.2) is 0 Å². The third kappa shape index (κ3) is 1.69. The van der Waals surface area contributed by atoms with Crippen LogP contribution in [0.25, 0.3) is 5.69 Å². The van der Waals surface area contributed by atoms with Crippen LogP contribution in [-0.2, 0) is 0 Å². The minimum atomic E-state index is -0.433. The normalized spacial score (nSPS) is 10.4. The molecule has 0 N–H and O–H groups in total. The van der Waals surface area contributed by atoms with Crippen molar-refractivity contribution in [2.24, 2.45) is 0 Å². The fourth-order valence-corrected chi connectivity index (χ4v) is 1.76. The summed E-state index contributed by atoms with van der Waals surface area (Å²) < 4.78 is 1.97. The molecule has 1 aromatic carbocycles. The monoisotopic (exact) mass is 215 g/mol. The molecule has 0 spiro atoms. The highest BCUT2D eigenvalue weighted by atomic mass is 16.6. The lowest BCUT2D eigenvalue weighted by atomic mass is 10.2. The standard InChI is InChI=1S/C12H11N2O2/c1-9-6-7-10(2)13(9)11-4-3-5-12(8-11)14(15)16/h3-4,6-8H,1-2H3. The Labute approximate surface area is 93.3 Å². The van der Waals surface area contributed by atoms with E-state index in [1.807, 2.05) is 36.6 Å². The van der Waals surface area contributed by atoms with Crippen LogP contribution >= 0.6 is 0 Å². The second-order valence-corrected chi connectivity index (χ2v) is 3.64. The van der Waals surface area contributed by atoms with Gasteiger partial charge in [0.05, 0.1) is 16.7 Å². The van der Waals surface area contributed by atoms with E-state index in [9.17, 15) is 10.1 Å². The zero-order chi connectivity index (χ0) is 11.7. The fourth-order valence-electron chi connectivity index (χ4n) is 1.76. The zero-order valence-electron chi connectivity index (χ0n) is 9.10. The van der Waals surface area contributed by atoms with Gasteiger partial charge in [0.2, 0.25) is 0 Å². The van der Waals surface area contributed by atoms with E-state index in [0.717, 1.165) is 17.1 Å². The number of rotatable bonds is 2. The molecule has 0 saturated heterocycles. The lowest BCUT2D eigenvalue weighted by Crippen LogP contribution is -1.99. The van der Waals surface area contributed by atoms with Gasteiger partial charge in [-0.05, 0) is 38.1 Å². The molecule has 0 aliphatic rings. The molecule has 2 aromatic rings. The van der Waals surface area contributed by atoms with Crippen molar-refractivity contribution < 1.29 is 4.92 Å². The third-order valence-electron chi connectivity index (χ3n) is 2.50. The SMILES string of the molecule is Cc1ccc(C)n1-c1cc[c]c([N+](=O)[O-])c1. The number of nitrogens with zero attached hydrogens (tertiary/aromatic N) is 2. The molecule has 0 saturated carbocycles. The number of non-ortho nitro benzene ring substituents is 1. The molecule has 1 radical (unpaired) electrons. The Bertz CT molecular complexity index is 524. The molecule has 1 heterocycles. The lowest BCUT2D eigenvalue weighted by molar-refractivity contribution is -0.385. The summed E-state index contributed by atoms with van der Waals surface area (Å²) in [5, 5.41) is 10.7. The van der Waals surface area contributed by atoms with Gasteiger partial charge in [-0.25, -0.2) is 0 Å². The minimum Gasteiger partial charge on any atom is -0.318 e. The number of aryl methyl sites for hydroxylation is 2. The third-order valence-corrected chi connectivity index (χ3v) is 2.50. The van der Waals surface area contributed by atoms with E-state index in [-0.39, 0.29) is 5.69 Å². The van der Waals surface area contributed by atoms with Crippen molar-refractivity contribution in [2.45, 2.75) is 13.8 Å². The van der Waals surface area contributed by atoms with Gasteiger partial charge in [-0.15, -0.1) is 0 Å². The van der Waals surface area contributed by atoms with E-state index in [2.05, 4.69) is 6.07 Å². The molecule has 0 aliphatic heterocycles.